The van der Waals surface area contributed by atoms with Crippen LogP contribution >= 0.6 is 27.7 Å². The van der Waals surface area contributed by atoms with Crippen LogP contribution in [0.2, 0.25) is 0 Å². The van der Waals surface area contributed by atoms with Gasteiger partial charge in [-0.15, -0.1) is 0 Å². The van der Waals surface area contributed by atoms with E-state index in [1.54, 1.807) is 0 Å². The van der Waals surface area contributed by atoms with Crippen LogP contribution < -0.4 is 0 Å². The van der Waals surface area contributed by atoms with Crippen LogP contribution in [0.3, 0.4) is 0 Å². The lowest BCUT2D eigenvalue weighted by atomic mass is 9.98. The molecule has 0 aliphatic heterocycles. The molecule has 0 heterocycles. The van der Waals surface area contributed by atoms with Gasteiger partial charge in [0.25, 0.3) is 0 Å². The normalized spacial score (nSPS) is 12.1. The number of thioether (sulfide) groups is 1. The molecule has 1 rings (SSSR count). The van der Waals surface area contributed by atoms with Crippen molar-refractivity contribution in [2.24, 2.45) is 0 Å². The van der Waals surface area contributed by atoms with E-state index in [2.05, 4.69) is 53.4 Å². The first kappa shape index (κ1) is 12.6. The number of rotatable bonds is 4. The van der Waals surface area contributed by atoms with Gasteiger partial charge in [0.15, 0.2) is 0 Å². The van der Waals surface area contributed by atoms with Gasteiger partial charge >= 0.3 is 0 Å². The molecule has 0 spiro atoms. The SMILES string of the molecule is Cc1ccc(C(C)CCSC#N)c(Br)c1. The summed E-state index contributed by atoms with van der Waals surface area (Å²) in [7, 11) is 0. The van der Waals surface area contributed by atoms with Gasteiger partial charge in [0, 0.05) is 10.2 Å². The molecule has 0 aromatic heterocycles. The molecule has 0 bridgehead atoms. The highest BCUT2D eigenvalue weighted by atomic mass is 79.9. The molecule has 15 heavy (non-hydrogen) atoms. The molecule has 1 aromatic carbocycles. The van der Waals surface area contributed by atoms with E-state index in [0.29, 0.717) is 5.92 Å². The summed E-state index contributed by atoms with van der Waals surface area (Å²) in [5.74, 6) is 1.40. The Labute approximate surface area is 104 Å². The molecule has 0 saturated heterocycles. The molecule has 1 nitrogen and oxygen atoms in total. The maximum absolute atomic E-state index is 8.44. The summed E-state index contributed by atoms with van der Waals surface area (Å²) in [5.41, 5.74) is 2.60. The molecule has 80 valence electrons. The Morgan fingerprint density at radius 2 is 2.27 bits per heavy atom. The van der Waals surface area contributed by atoms with Crippen LogP contribution in [0.1, 0.15) is 30.4 Å². The Bertz CT molecular complexity index is 370. The zero-order chi connectivity index (χ0) is 11.3. The lowest BCUT2D eigenvalue weighted by Crippen LogP contribution is -1.96. The van der Waals surface area contributed by atoms with Crippen molar-refractivity contribution < 1.29 is 0 Å². The Morgan fingerprint density at radius 3 is 2.87 bits per heavy atom. The Hall–Kier alpha value is -0.460. The van der Waals surface area contributed by atoms with Crippen molar-refractivity contribution in [3.8, 4) is 5.40 Å². The summed E-state index contributed by atoms with van der Waals surface area (Å²) in [5, 5.41) is 10.5. The number of hydrogen-bond donors (Lipinski definition) is 0. The first-order valence-corrected chi connectivity index (χ1v) is 6.70. The Balaban J connectivity index is 2.66. The number of benzene rings is 1. The molecule has 1 aromatic rings. The van der Waals surface area contributed by atoms with E-state index in [0.717, 1.165) is 12.2 Å². The summed E-state index contributed by atoms with van der Waals surface area (Å²) in [4.78, 5) is 0. The maximum atomic E-state index is 8.44. The predicted octanol–water partition coefficient (Wildman–Crippen LogP) is 4.47. The van der Waals surface area contributed by atoms with Crippen LogP contribution in [0.5, 0.6) is 0 Å². The van der Waals surface area contributed by atoms with Gasteiger partial charge in [-0.2, -0.15) is 5.26 Å². The van der Waals surface area contributed by atoms with Crippen molar-refractivity contribution in [3.05, 3.63) is 33.8 Å². The standard InChI is InChI=1S/C12H14BrNS/c1-9-3-4-11(12(13)7-9)10(2)5-6-15-8-14/h3-4,7,10H,5-6H2,1-2H3. The number of hydrogen-bond acceptors (Lipinski definition) is 2. The van der Waals surface area contributed by atoms with Gasteiger partial charge in [-0.3, -0.25) is 0 Å². The molecule has 0 fully saturated rings. The number of aryl methyl sites for hydroxylation is 1. The first-order valence-electron chi connectivity index (χ1n) is 4.92. The van der Waals surface area contributed by atoms with Gasteiger partial charge in [0.2, 0.25) is 0 Å². The molecule has 1 unspecified atom stereocenters. The van der Waals surface area contributed by atoms with Crippen molar-refractivity contribution >= 4 is 27.7 Å². The fourth-order valence-corrected chi connectivity index (χ4v) is 2.92. The van der Waals surface area contributed by atoms with Crippen LogP contribution in [0.4, 0.5) is 0 Å². The average Bonchev–Trinajstić information content (AvgIpc) is 2.17. The quantitative estimate of drug-likeness (QED) is 0.602. The summed E-state index contributed by atoms with van der Waals surface area (Å²) >= 11 is 4.92. The summed E-state index contributed by atoms with van der Waals surface area (Å²) in [6.07, 6.45) is 1.04. The maximum Gasteiger partial charge on any atom is 0.133 e. The number of thiocyanates is 1. The average molecular weight is 284 g/mol. The summed E-state index contributed by atoms with van der Waals surface area (Å²) < 4.78 is 1.18. The zero-order valence-corrected chi connectivity index (χ0v) is 11.4. The minimum atomic E-state index is 0.501. The lowest BCUT2D eigenvalue weighted by Gasteiger charge is -2.13. The third kappa shape index (κ3) is 3.89. The van der Waals surface area contributed by atoms with Crippen molar-refractivity contribution in [1.82, 2.24) is 0 Å². The largest absolute Gasteiger partial charge is 0.185 e. The molecule has 3 heteroatoms. The van der Waals surface area contributed by atoms with Gasteiger partial charge in [-0.05, 0) is 48.2 Å². The highest BCUT2D eigenvalue weighted by molar-refractivity contribution is 9.10. The van der Waals surface area contributed by atoms with Crippen LogP contribution in [0, 0.1) is 17.6 Å². The van der Waals surface area contributed by atoms with Gasteiger partial charge in [0.05, 0.1) is 0 Å². The highest BCUT2D eigenvalue weighted by Crippen LogP contribution is 2.28. The second kappa shape index (κ2) is 6.19. The van der Waals surface area contributed by atoms with Crippen LogP contribution in [-0.2, 0) is 0 Å². The molecule has 1 atom stereocenters. The number of nitriles is 1. The predicted molar refractivity (Wildman–Crippen MR) is 70.0 cm³/mol. The molecule has 0 amide bonds. The van der Waals surface area contributed by atoms with Gasteiger partial charge in [-0.1, -0.05) is 35.0 Å². The third-order valence-electron chi connectivity index (χ3n) is 2.40. The van der Waals surface area contributed by atoms with Gasteiger partial charge in [0.1, 0.15) is 5.40 Å². The first-order chi connectivity index (χ1) is 7.15. The van der Waals surface area contributed by atoms with E-state index >= 15 is 0 Å². The van der Waals surface area contributed by atoms with Gasteiger partial charge in [-0.25, -0.2) is 0 Å². The summed E-state index contributed by atoms with van der Waals surface area (Å²) in [6, 6.07) is 6.44. The van der Waals surface area contributed by atoms with Crippen LogP contribution in [0.15, 0.2) is 22.7 Å². The second-order valence-electron chi connectivity index (χ2n) is 3.65. The third-order valence-corrected chi connectivity index (χ3v) is 3.66. The van der Waals surface area contributed by atoms with E-state index < -0.39 is 0 Å². The fourth-order valence-electron chi connectivity index (χ4n) is 1.47. The minimum Gasteiger partial charge on any atom is -0.185 e. The van der Waals surface area contributed by atoms with Crippen molar-refractivity contribution in [3.63, 3.8) is 0 Å². The number of halogens is 1. The molecule has 0 saturated carbocycles. The lowest BCUT2D eigenvalue weighted by molar-refractivity contribution is 0.737. The Kier molecular flexibility index (Phi) is 5.21. The van der Waals surface area contributed by atoms with E-state index in [-0.39, 0.29) is 0 Å². The summed E-state index contributed by atoms with van der Waals surface area (Å²) in [6.45, 7) is 4.29. The van der Waals surface area contributed by atoms with Crippen molar-refractivity contribution in [1.29, 1.82) is 5.26 Å². The molecule has 0 aliphatic carbocycles. The molecule has 0 radical (unpaired) electrons. The van der Waals surface area contributed by atoms with Crippen molar-refractivity contribution in [2.45, 2.75) is 26.2 Å². The van der Waals surface area contributed by atoms with E-state index in [1.165, 1.54) is 27.4 Å². The van der Waals surface area contributed by atoms with E-state index in [1.807, 2.05) is 0 Å². The number of nitrogens with zero attached hydrogens (tertiary/aromatic N) is 1. The van der Waals surface area contributed by atoms with Crippen LogP contribution in [-0.4, -0.2) is 5.75 Å². The van der Waals surface area contributed by atoms with E-state index in [9.17, 15) is 0 Å². The fraction of sp³-hybridized carbons (Fsp3) is 0.417. The van der Waals surface area contributed by atoms with Crippen molar-refractivity contribution in [2.75, 3.05) is 5.75 Å². The monoisotopic (exact) mass is 283 g/mol. The zero-order valence-electron chi connectivity index (χ0n) is 8.96. The minimum absolute atomic E-state index is 0.501. The molecule has 0 N–H and O–H groups in total. The van der Waals surface area contributed by atoms with E-state index in [4.69, 9.17) is 5.26 Å². The topological polar surface area (TPSA) is 23.8 Å². The second-order valence-corrected chi connectivity index (χ2v) is 5.39. The molecular weight excluding hydrogens is 270 g/mol. The van der Waals surface area contributed by atoms with Gasteiger partial charge < -0.3 is 0 Å². The molecule has 0 aliphatic rings. The van der Waals surface area contributed by atoms with Crippen LogP contribution in [0.25, 0.3) is 0 Å². The molecular formula is C12H14BrNS. The smallest absolute Gasteiger partial charge is 0.133 e. The highest BCUT2D eigenvalue weighted by Gasteiger charge is 2.09. The Morgan fingerprint density at radius 1 is 1.53 bits per heavy atom.